The number of carbonyl (C=O) groups excluding carboxylic acids is 1. The van der Waals surface area contributed by atoms with Crippen LogP contribution in [0.15, 0.2) is 46.5 Å². The van der Waals surface area contributed by atoms with Crippen LogP contribution in [0, 0.1) is 5.82 Å². The van der Waals surface area contributed by atoms with Gasteiger partial charge in [-0.05, 0) is 46.3 Å². The Morgan fingerprint density at radius 1 is 1.19 bits per heavy atom. The van der Waals surface area contributed by atoms with Gasteiger partial charge in [0.1, 0.15) is 11.9 Å². The highest BCUT2D eigenvalue weighted by Gasteiger charge is 2.33. The lowest BCUT2D eigenvalue weighted by molar-refractivity contribution is 0.129. The summed E-state index contributed by atoms with van der Waals surface area (Å²) in [6, 6.07) is 9.17. The van der Waals surface area contributed by atoms with Gasteiger partial charge in [-0.1, -0.05) is 5.21 Å². The average molecular weight is 521 g/mol. The third kappa shape index (κ3) is 4.64. The number of aromatic nitrogens is 3. The monoisotopic (exact) mass is 520 g/mol. The van der Waals surface area contributed by atoms with E-state index in [1.807, 2.05) is 0 Å². The van der Waals surface area contributed by atoms with Gasteiger partial charge >= 0.3 is 6.09 Å². The zero-order valence-corrected chi connectivity index (χ0v) is 19.6. The second kappa shape index (κ2) is 9.16. The highest BCUT2D eigenvalue weighted by molar-refractivity contribution is 9.11. The lowest BCUT2D eigenvalue weighted by Crippen LogP contribution is -2.46. The van der Waals surface area contributed by atoms with Crippen LogP contribution in [-0.2, 0) is 17.8 Å². The molecule has 5 rings (SSSR count). The average Bonchev–Trinajstić information content (AvgIpc) is 3.51. The van der Waals surface area contributed by atoms with Gasteiger partial charge in [0, 0.05) is 43.8 Å². The highest BCUT2D eigenvalue weighted by atomic mass is 79.9. The molecule has 0 saturated carbocycles. The molecule has 2 fully saturated rings. The highest BCUT2D eigenvalue weighted by Crippen LogP contribution is 2.29. The summed E-state index contributed by atoms with van der Waals surface area (Å²) < 4.78 is 23.2. The molecule has 0 radical (unpaired) electrons. The van der Waals surface area contributed by atoms with Gasteiger partial charge < -0.3 is 9.64 Å². The van der Waals surface area contributed by atoms with Crippen molar-refractivity contribution in [1.82, 2.24) is 19.9 Å². The summed E-state index contributed by atoms with van der Waals surface area (Å²) in [5, 5.41) is 7.65. The lowest BCUT2D eigenvalue weighted by atomic mass is 10.2. The summed E-state index contributed by atoms with van der Waals surface area (Å²) in [6.45, 7) is 4.93. The van der Waals surface area contributed by atoms with E-state index in [1.54, 1.807) is 40.5 Å². The van der Waals surface area contributed by atoms with E-state index in [9.17, 15) is 4.79 Å². The van der Waals surface area contributed by atoms with Gasteiger partial charge in [0.25, 0.3) is 0 Å². The minimum atomic E-state index is -0.476. The first-order chi connectivity index (χ1) is 15.5. The fourth-order valence-corrected chi connectivity index (χ4v) is 5.62. The Labute approximate surface area is 197 Å². The molecule has 1 amide bonds. The summed E-state index contributed by atoms with van der Waals surface area (Å²) in [6.07, 6.45) is 2.45. The van der Waals surface area contributed by atoms with Crippen molar-refractivity contribution in [2.75, 3.05) is 42.5 Å². The second-order valence-electron chi connectivity index (χ2n) is 7.85. The summed E-state index contributed by atoms with van der Waals surface area (Å²) in [5.41, 5.74) is 1.07. The van der Waals surface area contributed by atoms with Crippen LogP contribution in [0.2, 0.25) is 0 Å². The Morgan fingerprint density at radius 2 is 2.03 bits per heavy atom. The third-order valence-corrected chi connectivity index (χ3v) is 7.31. The molecule has 1 atom stereocenters. The van der Waals surface area contributed by atoms with Crippen molar-refractivity contribution in [3.05, 3.63) is 57.2 Å². The van der Waals surface area contributed by atoms with Crippen LogP contribution in [0.25, 0.3) is 0 Å². The molecule has 2 aromatic heterocycles. The Balaban J connectivity index is 1.20. The van der Waals surface area contributed by atoms with Crippen molar-refractivity contribution in [3.63, 3.8) is 0 Å². The van der Waals surface area contributed by atoms with Crippen molar-refractivity contribution in [3.8, 4) is 0 Å². The van der Waals surface area contributed by atoms with E-state index in [1.165, 1.54) is 15.8 Å². The maximum atomic E-state index is 15.0. The van der Waals surface area contributed by atoms with E-state index in [0.29, 0.717) is 24.5 Å². The molecule has 1 aromatic carbocycles. The van der Waals surface area contributed by atoms with E-state index in [4.69, 9.17) is 4.74 Å². The molecule has 2 aliphatic rings. The van der Waals surface area contributed by atoms with Gasteiger partial charge in [-0.3, -0.25) is 9.80 Å². The van der Waals surface area contributed by atoms with Crippen molar-refractivity contribution in [2.24, 2.45) is 0 Å². The number of halogens is 2. The first-order valence-electron chi connectivity index (χ1n) is 10.4. The van der Waals surface area contributed by atoms with Crippen molar-refractivity contribution in [1.29, 1.82) is 0 Å². The fourth-order valence-electron chi connectivity index (χ4n) is 4.09. The van der Waals surface area contributed by atoms with Gasteiger partial charge in [-0.15, -0.1) is 16.4 Å². The molecular formula is C21H22BrFN6O2S. The van der Waals surface area contributed by atoms with Crippen LogP contribution >= 0.6 is 27.3 Å². The van der Waals surface area contributed by atoms with Crippen LogP contribution in [-0.4, -0.2) is 64.8 Å². The quantitative estimate of drug-likeness (QED) is 0.494. The normalized spacial score (nSPS) is 19.6. The van der Waals surface area contributed by atoms with E-state index in [-0.39, 0.29) is 11.9 Å². The number of hydrogen-bond donors (Lipinski definition) is 0. The molecule has 0 spiro atoms. The van der Waals surface area contributed by atoms with E-state index >= 15 is 4.39 Å². The second-order valence-corrected chi connectivity index (χ2v) is 10.4. The van der Waals surface area contributed by atoms with Gasteiger partial charge in [0.05, 0.1) is 34.4 Å². The minimum absolute atomic E-state index is 0.328. The Morgan fingerprint density at radius 3 is 2.72 bits per heavy atom. The predicted octanol–water partition coefficient (Wildman–Crippen LogP) is 3.59. The smallest absolute Gasteiger partial charge is 0.414 e. The molecule has 8 nitrogen and oxygen atoms in total. The van der Waals surface area contributed by atoms with Gasteiger partial charge in [0.15, 0.2) is 0 Å². The maximum Gasteiger partial charge on any atom is 0.414 e. The SMILES string of the molecule is O=C1O[C@@H](Cn2ccnn2)CN1c1ccc(N2CCN(Cc3ccc(Br)s3)CC2)c(F)c1. The number of ether oxygens (including phenoxy) is 1. The maximum absolute atomic E-state index is 15.0. The molecule has 0 bridgehead atoms. The molecule has 4 heterocycles. The molecule has 3 aromatic rings. The topological polar surface area (TPSA) is 66.7 Å². The van der Waals surface area contributed by atoms with E-state index < -0.39 is 6.09 Å². The lowest BCUT2D eigenvalue weighted by Gasteiger charge is -2.36. The Hall–Kier alpha value is -2.50. The third-order valence-electron chi connectivity index (χ3n) is 5.70. The van der Waals surface area contributed by atoms with Gasteiger partial charge in [0.2, 0.25) is 0 Å². The number of piperazine rings is 1. The zero-order chi connectivity index (χ0) is 22.1. The Bertz CT molecular complexity index is 1090. The molecule has 168 valence electrons. The number of nitrogens with zero attached hydrogens (tertiary/aromatic N) is 6. The van der Waals surface area contributed by atoms with Crippen molar-refractivity contribution >= 4 is 44.7 Å². The van der Waals surface area contributed by atoms with Crippen LogP contribution in [0.1, 0.15) is 4.88 Å². The zero-order valence-electron chi connectivity index (χ0n) is 17.2. The fraction of sp³-hybridized carbons (Fsp3) is 0.381. The number of benzene rings is 1. The van der Waals surface area contributed by atoms with E-state index in [2.05, 4.69) is 48.2 Å². The number of thiophene rings is 1. The largest absolute Gasteiger partial charge is 0.442 e. The van der Waals surface area contributed by atoms with Crippen molar-refractivity contribution < 1.29 is 13.9 Å². The van der Waals surface area contributed by atoms with Crippen molar-refractivity contribution in [2.45, 2.75) is 19.2 Å². The first-order valence-corrected chi connectivity index (χ1v) is 12.0. The van der Waals surface area contributed by atoms with E-state index in [0.717, 1.165) is 36.5 Å². The number of cyclic esters (lactones) is 1. The summed E-state index contributed by atoms with van der Waals surface area (Å²) >= 11 is 5.25. The molecule has 11 heteroatoms. The van der Waals surface area contributed by atoms with Crippen LogP contribution < -0.4 is 9.80 Å². The van der Waals surface area contributed by atoms with Crippen LogP contribution in [0.3, 0.4) is 0 Å². The minimum Gasteiger partial charge on any atom is -0.442 e. The number of rotatable bonds is 6. The number of hydrogen-bond acceptors (Lipinski definition) is 7. The number of amides is 1. The molecule has 0 unspecified atom stereocenters. The van der Waals surface area contributed by atoms with Gasteiger partial charge in [-0.25, -0.2) is 13.9 Å². The number of anilines is 2. The summed E-state index contributed by atoms with van der Waals surface area (Å²) in [7, 11) is 0. The molecule has 0 aliphatic carbocycles. The molecule has 0 N–H and O–H groups in total. The Kier molecular flexibility index (Phi) is 6.11. The molecule has 2 aliphatic heterocycles. The first kappa shape index (κ1) is 21.4. The van der Waals surface area contributed by atoms with Gasteiger partial charge in [-0.2, -0.15) is 0 Å². The van der Waals surface area contributed by atoms with Crippen LogP contribution in [0.5, 0.6) is 0 Å². The molecule has 2 saturated heterocycles. The summed E-state index contributed by atoms with van der Waals surface area (Å²) in [5.74, 6) is -0.328. The summed E-state index contributed by atoms with van der Waals surface area (Å²) in [4.78, 5) is 19.6. The standard InChI is InChI=1S/C21H22BrFN6O2S/c22-20-4-2-17(32-20)14-26-7-9-27(10-8-26)19-3-1-15(11-18(19)23)29-13-16(31-21(29)30)12-28-6-5-24-25-28/h1-6,11,16H,7-10,12-14H2/t16-/m0/s1. The molecular weight excluding hydrogens is 499 g/mol. The van der Waals surface area contributed by atoms with Crippen LogP contribution in [0.4, 0.5) is 20.6 Å². The predicted molar refractivity (Wildman–Crippen MR) is 124 cm³/mol. The number of carbonyl (C=O) groups is 1. The molecule has 32 heavy (non-hydrogen) atoms.